The summed E-state index contributed by atoms with van der Waals surface area (Å²) in [6, 6.07) is 3.30. The molecule has 1 heterocycles. The average molecular weight is 223 g/mol. The second-order valence-corrected chi connectivity index (χ2v) is 3.05. The van der Waals surface area contributed by atoms with E-state index in [4.69, 9.17) is 4.74 Å². The second-order valence-electron chi connectivity index (χ2n) is 3.05. The first kappa shape index (κ1) is 12.2. The van der Waals surface area contributed by atoms with E-state index in [1.165, 1.54) is 0 Å². The summed E-state index contributed by atoms with van der Waals surface area (Å²) in [5, 5.41) is 0. The fourth-order valence-corrected chi connectivity index (χ4v) is 1.11. The number of aryl methyl sites for hydroxylation is 1. The standard InChI is InChI=1S/C11H13NO4/c1-3-15-11(14)7-16-10-5-4-8(2)12-9(10)6-13/h4-6H,3,7H2,1-2H3. The van der Waals surface area contributed by atoms with Crippen LogP contribution in [0.1, 0.15) is 23.1 Å². The molecule has 86 valence electrons. The van der Waals surface area contributed by atoms with Crippen LogP contribution in [0, 0.1) is 6.92 Å². The number of pyridine rings is 1. The zero-order chi connectivity index (χ0) is 12.0. The number of carbonyl (C=O) groups excluding carboxylic acids is 2. The highest BCUT2D eigenvalue weighted by Crippen LogP contribution is 2.14. The molecule has 0 aliphatic rings. The number of ether oxygens (including phenoxy) is 2. The van der Waals surface area contributed by atoms with Gasteiger partial charge in [-0.05, 0) is 26.0 Å². The van der Waals surface area contributed by atoms with Gasteiger partial charge in [0, 0.05) is 5.69 Å². The molecular formula is C11H13NO4. The van der Waals surface area contributed by atoms with Crippen molar-refractivity contribution in [2.45, 2.75) is 13.8 Å². The number of aldehydes is 1. The van der Waals surface area contributed by atoms with Gasteiger partial charge in [0.25, 0.3) is 0 Å². The number of hydrogen-bond acceptors (Lipinski definition) is 5. The molecule has 0 atom stereocenters. The molecule has 0 aromatic carbocycles. The van der Waals surface area contributed by atoms with Gasteiger partial charge in [0.2, 0.25) is 0 Å². The van der Waals surface area contributed by atoms with Gasteiger partial charge in [0.05, 0.1) is 6.61 Å². The SMILES string of the molecule is CCOC(=O)COc1ccc(C)nc1C=O. The van der Waals surface area contributed by atoms with E-state index in [-0.39, 0.29) is 18.1 Å². The normalized spacial score (nSPS) is 9.62. The molecule has 0 radical (unpaired) electrons. The van der Waals surface area contributed by atoms with Gasteiger partial charge >= 0.3 is 5.97 Å². The average Bonchev–Trinajstić information content (AvgIpc) is 2.27. The summed E-state index contributed by atoms with van der Waals surface area (Å²) in [4.78, 5) is 25.7. The Morgan fingerprint density at radius 3 is 2.88 bits per heavy atom. The minimum absolute atomic E-state index is 0.185. The molecule has 0 N–H and O–H groups in total. The van der Waals surface area contributed by atoms with Crippen molar-refractivity contribution in [2.75, 3.05) is 13.2 Å². The predicted molar refractivity (Wildman–Crippen MR) is 56.5 cm³/mol. The topological polar surface area (TPSA) is 65.5 Å². The van der Waals surface area contributed by atoms with E-state index in [0.29, 0.717) is 18.6 Å². The number of aromatic nitrogens is 1. The summed E-state index contributed by atoms with van der Waals surface area (Å²) >= 11 is 0. The minimum Gasteiger partial charge on any atom is -0.480 e. The number of esters is 1. The first-order valence-corrected chi connectivity index (χ1v) is 4.88. The van der Waals surface area contributed by atoms with E-state index in [1.807, 2.05) is 0 Å². The Balaban J connectivity index is 2.66. The largest absolute Gasteiger partial charge is 0.480 e. The third-order valence-electron chi connectivity index (χ3n) is 1.79. The molecule has 0 amide bonds. The van der Waals surface area contributed by atoms with Crippen LogP contribution in [0.3, 0.4) is 0 Å². The number of rotatable bonds is 5. The molecule has 0 unspecified atom stereocenters. The summed E-state index contributed by atoms with van der Waals surface area (Å²) < 4.78 is 9.82. The van der Waals surface area contributed by atoms with Gasteiger partial charge in [-0.15, -0.1) is 0 Å². The molecular weight excluding hydrogens is 210 g/mol. The quantitative estimate of drug-likeness (QED) is 0.553. The third-order valence-corrected chi connectivity index (χ3v) is 1.79. The van der Waals surface area contributed by atoms with Crippen LogP contribution >= 0.6 is 0 Å². The van der Waals surface area contributed by atoms with Crippen molar-refractivity contribution in [1.82, 2.24) is 4.98 Å². The van der Waals surface area contributed by atoms with E-state index in [9.17, 15) is 9.59 Å². The van der Waals surface area contributed by atoms with Crippen molar-refractivity contribution in [1.29, 1.82) is 0 Å². The fourth-order valence-electron chi connectivity index (χ4n) is 1.11. The monoisotopic (exact) mass is 223 g/mol. The van der Waals surface area contributed by atoms with Crippen LogP contribution in [0.5, 0.6) is 5.75 Å². The number of hydrogen-bond donors (Lipinski definition) is 0. The Hall–Kier alpha value is -1.91. The summed E-state index contributed by atoms with van der Waals surface area (Å²) in [6.45, 7) is 3.55. The maximum absolute atomic E-state index is 11.0. The number of nitrogens with zero attached hydrogens (tertiary/aromatic N) is 1. The Morgan fingerprint density at radius 1 is 1.50 bits per heavy atom. The zero-order valence-electron chi connectivity index (χ0n) is 9.23. The highest BCUT2D eigenvalue weighted by Gasteiger charge is 2.08. The predicted octanol–water partition coefficient (Wildman–Crippen LogP) is 1.14. The van der Waals surface area contributed by atoms with Crippen molar-refractivity contribution in [2.24, 2.45) is 0 Å². The van der Waals surface area contributed by atoms with Gasteiger partial charge in [0.1, 0.15) is 11.4 Å². The molecule has 16 heavy (non-hydrogen) atoms. The van der Waals surface area contributed by atoms with Crippen LogP contribution in [0.25, 0.3) is 0 Å². The Morgan fingerprint density at radius 2 is 2.25 bits per heavy atom. The van der Waals surface area contributed by atoms with Crippen LogP contribution in [0.2, 0.25) is 0 Å². The van der Waals surface area contributed by atoms with Gasteiger partial charge < -0.3 is 9.47 Å². The van der Waals surface area contributed by atoms with Crippen molar-refractivity contribution in [3.63, 3.8) is 0 Å². The molecule has 0 aliphatic heterocycles. The van der Waals surface area contributed by atoms with Crippen LogP contribution < -0.4 is 4.74 Å². The molecule has 1 rings (SSSR count). The zero-order valence-corrected chi connectivity index (χ0v) is 9.23. The van der Waals surface area contributed by atoms with Crippen LogP contribution in [-0.4, -0.2) is 30.5 Å². The molecule has 5 nitrogen and oxygen atoms in total. The molecule has 0 bridgehead atoms. The van der Waals surface area contributed by atoms with E-state index in [1.54, 1.807) is 26.0 Å². The molecule has 5 heteroatoms. The molecule has 1 aromatic rings. The van der Waals surface area contributed by atoms with Gasteiger partial charge in [0.15, 0.2) is 12.9 Å². The van der Waals surface area contributed by atoms with E-state index in [2.05, 4.69) is 9.72 Å². The fraction of sp³-hybridized carbons (Fsp3) is 0.364. The molecule has 0 fully saturated rings. The van der Waals surface area contributed by atoms with Crippen molar-refractivity contribution in [3.05, 3.63) is 23.5 Å². The smallest absolute Gasteiger partial charge is 0.344 e. The van der Waals surface area contributed by atoms with Crippen molar-refractivity contribution in [3.8, 4) is 5.75 Å². The van der Waals surface area contributed by atoms with Gasteiger partial charge in [-0.25, -0.2) is 9.78 Å². The lowest BCUT2D eigenvalue weighted by atomic mass is 10.3. The summed E-state index contributed by atoms with van der Waals surface area (Å²) in [7, 11) is 0. The third kappa shape index (κ3) is 3.34. The highest BCUT2D eigenvalue weighted by atomic mass is 16.6. The molecule has 0 aliphatic carbocycles. The van der Waals surface area contributed by atoms with Crippen LogP contribution in [0.15, 0.2) is 12.1 Å². The van der Waals surface area contributed by atoms with Crippen molar-refractivity contribution < 1.29 is 19.1 Å². The van der Waals surface area contributed by atoms with Gasteiger partial charge in [-0.3, -0.25) is 4.79 Å². The summed E-state index contributed by atoms with van der Waals surface area (Å²) in [5.74, 6) is -0.187. The summed E-state index contributed by atoms with van der Waals surface area (Å²) in [6.07, 6.45) is 0.591. The highest BCUT2D eigenvalue weighted by molar-refractivity contribution is 5.77. The second kappa shape index (κ2) is 5.85. The molecule has 1 aromatic heterocycles. The lowest BCUT2D eigenvalue weighted by Gasteiger charge is -2.07. The van der Waals surface area contributed by atoms with Crippen LogP contribution in [-0.2, 0) is 9.53 Å². The van der Waals surface area contributed by atoms with Crippen molar-refractivity contribution >= 4 is 12.3 Å². The molecule has 0 saturated carbocycles. The lowest BCUT2D eigenvalue weighted by molar-refractivity contribution is -0.145. The maximum atomic E-state index is 11.0. The Bertz CT molecular complexity index is 390. The minimum atomic E-state index is -0.472. The van der Waals surface area contributed by atoms with Crippen LogP contribution in [0.4, 0.5) is 0 Å². The molecule has 0 saturated heterocycles. The number of carbonyl (C=O) groups is 2. The van der Waals surface area contributed by atoms with Gasteiger partial charge in [-0.2, -0.15) is 0 Å². The Labute approximate surface area is 93.4 Å². The maximum Gasteiger partial charge on any atom is 0.344 e. The van der Waals surface area contributed by atoms with E-state index < -0.39 is 5.97 Å². The Kier molecular flexibility index (Phi) is 4.44. The summed E-state index contributed by atoms with van der Waals surface area (Å²) in [5.41, 5.74) is 0.898. The van der Waals surface area contributed by atoms with E-state index >= 15 is 0 Å². The first-order chi connectivity index (χ1) is 7.67. The van der Waals surface area contributed by atoms with Gasteiger partial charge in [-0.1, -0.05) is 0 Å². The first-order valence-electron chi connectivity index (χ1n) is 4.88. The van der Waals surface area contributed by atoms with E-state index in [0.717, 1.165) is 0 Å². The lowest BCUT2D eigenvalue weighted by Crippen LogP contribution is -2.15. The molecule has 0 spiro atoms.